The molecular weight excluding hydrogens is 791 g/mol. The van der Waals surface area contributed by atoms with Crippen LogP contribution in [0.1, 0.15) is 50.5 Å². The molecular formula is C52H45BN2O8. The Hall–Kier alpha value is -7.60. The van der Waals surface area contributed by atoms with Gasteiger partial charge in [0.2, 0.25) is 0 Å². The Bertz CT molecular complexity index is 2890. The van der Waals surface area contributed by atoms with Crippen LogP contribution in [0.4, 0.5) is 0 Å². The molecule has 0 fully saturated rings. The number of para-hydroxylation sites is 2. The molecule has 9 aromatic rings. The van der Waals surface area contributed by atoms with E-state index < -0.39 is 19.1 Å². The van der Waals surface area contributed by atoms with Gasteiger partial charge < -0.3 is 39.7 Å². The van der Waals surface area contributed by atoms with Crippen molar-refractivity contribution in [2.75, 3.05) is 13.2 Å². The molecule has 0 spiro atoms. The van der Waals surface area contributed by atoms with Crippen LogP contribution in [0.5, 0.6) is 11.5 Å². The van der Waals surface area contributed by atoms with Gasteiger partial charge in [-0.15, -0.1) is 0 Å². The molecule has 11 heteroatoms. The first-order chi connectivity index (χ1) is 30.8. The summed E-state index contributed by atoms with van der Waals surface area (Å²) in [5, 5.41) is 43.3. The van der Waals surface area contributed by atoms with E-state index in [1.54, 1.807) is 6.08 Å². The molecule has 10 nitrogen and oxygen atoms in total. The molecule has 0 amide bonds. The molecule has 63 heavy (non-hydrogen) atoms. The van der Waals surface area contributed by atoms with Crippen molar-refractivity contribution in [2.45, 2.75) is 25.7 Å². The molecule has 0 aliphatic heterocycles. The number of hydrogen-bond acceptors (Lipinski definition) is 6. The molecule has 0 bridgehead atoms. The second kappa shape index (κ2) is 19.4. The summed E-state index contributed by atoms with van der Waals surface area (Å²) in [5.74, 6) is 0.844. The summed E-state index contributed by atoms with van der Waals surface area (Å²) < 4.78 is 12.3. The van der Waals surface area contributed by atoms with Crippen molar-refractivity contribution in [1.29, 1.82) is 0 Å². The largest absolute Gasteiger partial charge is 0.493 e. The van der Waals surface area contributed by atoms with Crippen molar-refractivity contribution in [1.82, 2.24) is 9.97 Å². The van der Waals surface area contributed by atoms with Crippen LogP contribution in [0.25, 0.3) is 60.6 Å². The standard InChI is InChI=1S/C44H36N2O6.C8H9BO2/c47-43(48)41-35(21-9-25-51-37-23-5-13-27-11-1-3-15-29(27)37)33-19-7-17-31(39(33)45-41)32-18-8-20-34-36(42(44(49)50)46-40(32)34)22-10-26-52-38-24-6-14-28-12-2-4-16-30(28)38;10-9(11)7-6-8-4-2-1-3-5-8/h1-8,11-20,23-24,45-46H,9-10,21-22,25-26H2,(H,47,48)(H,49,50);1-7,10-11H/b;7-6+. The average Bonchev–Trinajstić information content (AvgIpc) is 3.88. The third kappa shape index (κ3) is 9.50. The number of nitrogens with one attached hydrogen (secondary N) is 2. The van der Waals surface area contributed by atoms with Crippen molar-refractivity contribution < 1.29 is 39.3 Å². The van der Waals surface area contributed by atoms with E-state index in [4.69, 9.17) is 19.5 Å². The van der Waals surface area contributed by atoms with Gasteiger partial charge in [0.25, 0.3) is 0 Å². The topological polar surface area (TPSA) is 165 Å². The highest BCUT2D eigenvalue weighted by Crippen LogP contribution is 2.38. The fourth-order valence-corrected chi connectivity index (χ4v) is 8.15. The number of H-pyrrole nitrogens is 2. The van der Waals surface area contributed by atoms with Gasteiger partial charge in [-0.1, -0.05) is 152 Å². The summed E-state index contributed by atoms with van der Waals surface area (Å²) >= 11 is 0. The van der Waals surface area contributed by atoms with Crippen LogP contribution in [0.3, 0.4) is 0 Å². The predicted octanol–water partition coefficient (Wildman–Crippen LogP) is 10.8. The molecule has 0 aliphatic carbocycles. The maximum Gasteiger partial charge on any atom is 0.480 e. The molecule has 7 aromatic carbocycles. The number of aromatic amines is 2. The third-order valence-corrected chi connectivity index (χ3v) is 11.0. The highest BCUT2D eigenvalue weighted by molar-refractivity contribution is 6.48. The lowest BCUT2D eigenvalue weighted by Crippen LogP contribution is -2.05. The van der Waals surface area contributed by atoms with Crippen LogP contribution in [-0.4, -0.2) is 62.5 Å². The smallest absolute Gasteiger partial charge is 0.480 e. The van der Waals surface area contributed by atoms with E-state index in [0.29, 0.717) is 61.1 Å². The minimum atomic E-state index is -1.37. The lowest BCUT2D eigenvalue weighted by molar-refractivity contribution is 0.0679. The molecule has 0 saturated carbocycles. The van der Waals surface area contributed by atoms with Gasteiger partial charge >= 0.3 is 19.1 Å². The number of carboxylic acids is 2. The van der Waals surface area contributed by atoms with E-state index in [9.17, 15) is 19.8 Å². The van der Waals surface area contributed by atoms with Crippen molar-refractivity contribution in [2.24, 2.45) is 0 Å². The lowest BCUT2D eigenvalue weighted by Gasteiger charge is -2.10. The van der Waals surface area contributed by atoms with Crippen molar-refractivity contribution >= 4 is 68.5 Å². The van der Waals surface area contributed by atoms with Gasteiger partial charge in [-0.3, -0.25) is 0 Å². The molecule has 314 valence electrons. The Kier molecular flexibility index (Phi) is 13.0. The minimum Gasteiger partial charge on any atom is -0.493 e. The number of aromatic nitrogens is 2. The SMILES string of the molecule is O=C(O)c1[nH]c2c(-c3cccc4c(CCCOc5cccc6ccccc56)c(C(=O)O)[nH]c34)cccc2c1CCCOc1cccc2ccccc12.OB(O)/C=C/c1ccccc1. The van der Waals surface area contributed by atoms with Crippen LogP contribution >= 0.6 is 0 Å². The molecule has 0 radical (unpaired) electrons. The highest BCUT2D eigenvalue weighted by Gasteiger charge is 2.23. The van der Waals surface area contributed by atoms with Gasteiger partial charge in [0.05, 0.1) is 24.2 Å². The van der Waals surface area contributed by atoms with Crippen LogP contribution in [0.2, 0.25) is 0 Å². The number of carbonyl (C=O) groups is 2. The summed E-state index contributed by atoms with van der Waals surface area (Å²) in [7, 11) is -1.37. The maximum atomic E-state index is 12.5. The van der Waals surface area contributed by atoms with Crippen LogP contribution < -0.4 is 9.47 Å². The van der Waals surface area contributed by atoms with E-state index in [1.807, 2.05) is 152 Å². The zero-order valence-corrected chi connectivity index (χ0v) is 34.3. The van der Waals surface area contributed by atoms with Gasteiger partial charge in [-0.05, 0) is 65.3 Å². The van der Waals surface area contributed by atoms with Gasteiger partial charge in [0.15, 0.2) is 0 Å². The second-order valence-corrected chi connectivity index (χ2v) is 15.1. The van der Waals surface area contributed by atoms with E-state index in [2.05, 4.69) is 9.97 Å². The number of rotatable bonds is 15. The zero-order valence-electron chi connectivity index (χ0n) is 34.3. The van der Waals surface area contributed by atoms with Gasteiger partial charge in [0.1, 0.15) is 22.9 Å². The van der Waals surface area contributed by atoms with Crippen molar-refractivity contribution in [3.05, 3.63) is 186 Å². The Morgan fingerprint density at radius 1 is 0.508 bits per heavy atom. The van der Waals surface area contributed by atoms with Gasteiger partial charge in [0, 0.05) is 32.7 Å². The maximum absolute atomic E-state index is 12.5. The molecule has 0 atom stereocenters. The summed E-state index contributed by atoms with van der Waals surface area (Å²) in [6.45, 7) is 0.851. The number of carboxylic acid groups (broad SMARTS) is 2. The first kappa shape index (κ1) is 42.1. The number of benzene rings is 7. The number of ether oxygens (including phenoxy) is 2. The molecule has 0 aliphatic rings. The normalized spacial score (nSPS) is 11.3. The molecule has 0 unspecified atom stereocenters. The fourth-order valence-electron chi connectivity index (χ4n) is 8.15. The molecule has 0 saturated heterocycles. The Morgan fingerprint density at radius 3 is 1.38 bits per heavy atom. The van der Waals surface area contributed by atoms with Crippen molar-refractivity contribution in [3.63, 3.8) is 0 Å². The number of hydrogen-bond donors (Lipinski definition) is 6. The number of aromatic carboxylic acids is 2. The van der Waals surface area contributed by atoms with E-state index in [-0.39, 0.29) is 11.4 Å². The first-order valence-corrected chi connectivity index (χ1v) is 20.8. The quantitative estimate of drug-likeness (QED) is 0.0439. The Labute approximate surface area is 363 Å². The second-order valence-electron chi connectivity index (χ2n) is 15.1. The van der Waals surface area contributed by atoms with Gasteiger partial charge in [-0.2, -0.15) is 0 Å². The number of aryl methyl sites for hydroxylation is 2. The zero-order chi connectivity index (χ0) is 43.7. The van der Waals surface area contributed by atoms with E-state index >= 15 is 0 Å². The fraction of sp³-hybridized carbons (Fsp3) is 0.115. The molecule has 9 rings (SSSR count). The predicted molar refractivity (Wildman–Crippen MR) is 251 cm³/mol. The van der Waals surface area contributed by atoms with Gasteiger partial charge in [-0.25, -0.2) is 9.59 Å². The van der Waals surface area contributed by atoms with E-state index in [0.717, 1.165) is 60.5 Å². The van der Waals surface area contributed by atoms with Crippen LogP contribution in [0.15, 0.2) is 158 Å². The minimum absolute atomic E-state index is 0.143. The highest BCUT2D eigenvalue weighted by atomic mass is 16.5. The Morgan fingerprint density at radius 2 is 0.921 bits per heavy atom. The molecule has 2 heterocycles. The van der Waals surface area contributed by atoms with Crippen LogP contribution in [-0.2, 0) is 12.8 Å². The Balaban J connectivity index is 0.000000434. The summed E-state index contributed by atoms with van der Waals surface area (Å²) in [5.41, 5.74) is 5.61. The lowest BCUT2D eigenvalue weighted by atomic mass is 9.91. The van der Waals surface area contributed by atoms with Crippen LogP contribution in [0, 0.1) is 0 Å². The molecule has 6 N–H and O–H groups in total. The van der Waals surface area contributed by atoms with E-state index in [1.165, 1.54) is 5.98 Å². The molecule has 2 aromatic heterocycles. The summed E-state index contributed by atoms with van der Waals surface area (Å²) in [4.78, 5) is 31.4. The van der Waals surface area contributed by atoms with Crippen molar-refractivity contribution in [3.8, 4) is 22.6 Å². The summed E-state index contributed by atoms with van der Waals surface area (Å²) in [6.07, 6.45) is 3.88. The summed E-state index contributed by atoms with van der Waals surface area (Å²) in [6, 6.07) is 49.1. The number of fused-ring (bicyclic) bond motifs is 4. The average molecular weight is 837 g/mol. The first-order valence-electron chi connectivity index (χ1n) is 20.8. The third-order valence-electron chi connectivity index (χ3n) is 11.0. The monoisotopic (exact) mass is 836 g/mol.